The molecule has 0 aliphatic rings. The molecule has 21 heavy (non-hydrogen) atoms. The van der Waals surface area contributed by atoms with Crippen molar-refractivity contribution in [3.05, 3.63) is 28.2 Å². The summed E-state index contributed by atoms with van der Waals surface area (Å²) in [7, 11) is -1.48. The summed E-state index contributed by atoms with van der Waals surface area (Å²) in [5.74, 6) is 3.17. The van der Waals surface area contributed by atoms with E-state index in [9.17, 15) is 4.79 Å². The van der Waals surface area contributed by atoms with Gasteiger partial charge in [-0.1, -0.05) is 31.6 Å². The third kappa shape index (κ3) is 6.83. The average Bonchev–Trinajstić information content (AvgIpc) is 2.26. The number of benzene rings is 1. The molecule has 0 atom stereocenters. The number of anilines is 1. The number of amides is 1. The lowest BCUT2D eigenvalue weighted by molar-refractivity contribution is 0.0636. The van der Waals surface area contributed by atoms with Crippen LogP contribution in [0.25, 0.3) is 0 Å². The van der Waals surface area contributed by atoms with Crippen molar-refractivity contribution < 1.29 is 9.53 Å². The Hall–Kier alpha value is -1.25. The molecule has 1 amide bonds. The van der Waals surface area contributed by atoms with E-state index in [2.05, 4.69) is 52.4 Å². The molecule has 0 aliphatic carbocycles. The van der Waals surface area contributed by atoms with Crippen LogP contribution in [0.4, 0.5) is 10.5 Å². The highest BCUT2D eigenvalue weighted by atomic mass is 79.9. The lowest BCUT2D eigenvalue weighted by atomic mass is 10.2. The maximum absolute atomic E-state index is 11.9. The third-order valence-electron chi connectivity index (χ3n) is 2.21. The Morgan fingerprint density at radius 3 is 2.43 bits per heavy atom. The highest BCUT2D eigenvalue weighted by Crippen LogP contribution is 2.26. The van der Waals surface area contributed by atoms with Crippen molar-refractivity contribution in [3.8, 4) is 11.5 Å². The molecule has 0 saturated heterocycles. The van der Waals surface area contributed by atoms with E-state index in [1.54, 1.807) is 0 Å². The van der Waals surface area contributed by atoms with E-state index >= 15 is 0 Å². The van der Waals surface area contributed by atoms with Crippen molar-refractivity contribution in [1.82, 2.24) is 0 Å². The van der Waals surface area contributed by atoms with Crippen LogP contribution >= 0.6 is 15.9 Å². The summed E-state index contributed by atoms with van der Waals surface area (Å²) in [5.41, 5.74) is 4.21. The van der Waals surface area contributed by atoms with Crippen LogP contribution in [0, 0.1) is 11.5 Å². The Labute approximate surface area is 136 Å². The molecule has 114 valence electrons. The zero-order chi connectivity index (χ0) is 16.3. The molecule has 1 N–H and O–H groups in total. The summed E-state index contributed by atoms with van der Waals surface area (Å²) in [6.45, 7) is 12.0. The van der Waals surface area contributed by atoms with E-state index in [0.717, 1.165) is 10.0 Å². The molecule has 0 aliphatic heterocycles. The van der Waals surface area contributed by atoms with E-state index in [-0.39, 0.29) is 0 Å². The monoisotopic (exact) mass is 367 g/mol. The average molecular weight is 368 g/mol. The number of para-hydroxylation sites is 1. The SMILES string of the molecule is CC(C)(C)OC(=O)Nc1c(Br)cccc1C#C[Si](C)(C)C. The van der Waals surface area contributed by atoms with Crippen molar-refractivity contribution in [1.29, 1.82) is 0 Å². The number of ether oxygens (including phenoxy) is 1. The number of carbonyl (C=O) groups excluding carboxylic acids is 1. The minimum atomic E-state index is -1.48. The van der Waals surface area contributed by atoms with E-state index in [0.29, 0.717) is 5.69 Å². The number of hydrogen-bond donors (Lipinski definition) is 1. The van der Waals surface area contributed by atoms with Gasteiger partial charge in [0.25, 0.3) is 0 Å². The lowest BCUT2D eigenvalue weighted by Crippen LogP contribution is -2.27. The minimum absolute atomic E-state index is 0.481. The van der Waals surface area contributed by atoms with E-state index in [4.69, 9.17) is 4.74 Å². The van der Waals surface area contributed by atoms with Gasteiger partial charge in [0, 0.05) is 10.0 Å². The van der Waals surface area contributed by atoms with Crippen LogP contribution in [0.15, 0.2) is 22.7 Å². The number of rotatable bonds is 1. The van der Waals surface area contributed by atoms with Crippen LogP contribution in [-0.4, -0.2) is 19.8 Å². The maximum atomic E-state index is 11.9. The van der Waals surface area contributed by atoms with Crippen LogP contribution in [0.1, 0.15) is 26.3 Å². The number of nitrogens with one attached hydrogen (secondary N) is 1. The van der Waals surface area contributed by atoms with Gasteiger partial charge in [0.2, 0.25) is 0 Å². The molecule has 1 aromatic carbocycles. The first-order valence-corrected chi connectivity index (χ1v) is 11.1. The minimum Gasteiger partial charge on any atom is -0.444 e. The standard InChI is InChI=1S/C16H22BrNO2Si/c1-16(2,3)20-15(19)18-14-12(8-7-9-13(14)17)10-11-21(4,5)6/h7-9H,1-6H3,(H,18,19). The highest BCUT2D eigenvalue weighted by molar-refractivity contribution is 9.10. The quantitative estimate of drug-likeness (QED) is 0.558. The van der Waals surface area contributed by atoms with Crippen molar-refractivity contribution in [2.45, 2.75) is 46.0 Å². The molecule has 3 nitrogen and oxygen atoms in total. The largest absolute Gasteiger partial charge is 0.444 e. The van der Waals surface area contributed by atoms with Crippen LogP contribution in [0.2, 0.25) is 19.6 Å². The normalized spacial score (nSPS) is 11.4. The molecule has 0 fully saturated rings. The van der Waals surface area contributed by atoms with Gasteiger partial charge in [0.1, 0.15) is 13.7 Å². The number of hydrogen-bond acceptors (Lipinski definition) is 2. The Morgan fingerprint density at radius 1 is 1.29 bits per heavy atom. The topological polar surface area (TPSA) is 38.3 Å². The van der Waals surface area contributed by atoms with Gasteiger partial charge in [0.05, 0.1) is 5.69 Å². The second kappa shape index (κ2) is 6.67. The van der Waals surface area contributed by atoms with Gasteiger partial charge in [-0.15, -0.1) is 5.54 Å². The van der Waals surface area contributed by atoms with Crippen molar-refractivity contribution >= 4 is 35.8 Å². The number of halogens is 1. The summed E-state index contributed by atoms with van der Waals surface area (Å²) < 4.78 is 6.07. The van der Waals surface area contributed by atoms with Gasteiger partial charge in [-0.25, -0.2) is 4.79 Å². The van der Waals surface area contributed by atoms with E-state index in [1.807, 2.05) is 39.0 Å². The first-order chi connectivity index (χ1) is 9.48. The van der Waals surface area contributed by atoms with Crippen molar-refractivity contribution in [3.63, 3.8) is 0 Å². The molecular formula is C16H22BrNO2Si. The molecular weight excluding hydrogens is 346 g/mol. The van der Waals surface area contributed by atoms with Crippen molar-refractivity contribution in [2.24, 2.45) is 0 Å². The highest BCUT2D eigenvalue weighted by Gasteiger charge is 2.18. The Balaban J connectivity index is 3.06. The third-order valence-corrected chi connectivity index (χ3v) is 3.75. The molecule has 1 rings (SSSR count). The molecule has 5 heteroatoms. The number of carbonyl (C=O) groups is 1. The molecule has 0 aromatic heterocycles. The fourth-order valence-electron chi connectivity index (χ4n) is 1.42. The van der Waals surface area contributed by atoms with Crippen molar-refractivity contribution in [2.75, 3.05) is 5.32 Å². The van der Waals surface area contributed by atoms with Gasteiger partial charge in [-0.3, -0.25) is 5.32 Å². The second-order valence-electron chi connectivity index (χ2n) is 6.79. The van der Waals surface area contributed by atoms with Crippen LogP contribution in [0.5, 0.6) is 0 Å². The summed E-state index contributed by atoms with van der Waals surface area (Å²) in [4.78, 5) is 11.9. The van der Waals surface area contributed by atoms with Gasteiger partial charge < -0.3 is 4.74 Å². The lowest BCUT2D eigenvalue weighted by Gasteiger charge is -2.20. The fraction of sp³-hybridized carbons (Fsp3) is 0.438. The Bertz CT molecular complexity index is 589. The first kappa shape index (κ1) is 17.8. The maximum Gasteiger partial charge on any atom is 0.412 e. The second-order valence-corrected chi connectivity index (χ2v) is 12.4. The van der Waals surface area contributed by atoms with E-state index < -0.39 is 19.8 Å². The predicted octanol–water partition coefficient (Wildman–Crippen LogP) is 5.03. The van der Waals surface area contributed by atoms with Crippen LogP contribution in [0.3, 0.4) is 0 Å². The summed E-state index contributed by atoms with van der Waals surface area (Å²) in [6.07, 6.45) is -0.481. The molecule has 0 unspecified atom stereocenters. The zero-order valence-corrected chi connectivity index (χ0v) is 16.0. The molecule has 1 aromatic rings. The molecule has 0 heterocycles. The van der Waals surface area contributed by atoms with Gasteiger partial charge in [0.15, 0.2) is 0 Å². The van der Waals surface area contributed by atoms with E-state index in [1.165, 1.54) is 0 Å². The Kier molecular flexibility index (Phi) is 5.65. The zero-order valence-electron chi connectivity index (χ0n) is 13.4. The molecule has 0 bridgehead atoms. The van der Waals surface area contributed by atoms with Gasteiger partial charge in [-0.2, -0.15) is 0 Å². The van der Waals surface area contributed by atoms with Gasteiger partial charge >= 0.3 is 6.09 Å². The molecule has 0 radical (unpaired) electrons. The smallest absolute Gasteiger partial charge is 0.412 e. The summed E-state index contributed by atoms with van der Waals surface area (Å²) in [5, 5.41) is 2.78. The summed E-state index contributed by atoms with van der Waals surface area (Å²) >= 11 is 3.45. The van der Waals surface area contributed by atoms with Crippen LogP contribution < -0.4 is 5.32 Å². The molecule has 0 spiro atoms. The van der Waals surface area contributed by atoms with Crippen LogP contribution in [-0.2, 0) is 4.74 Å². The van der Waals surface area contributed by atoms with Gasteiger partial charge in [-0.05, 0) is 48.8 Å². The Morgan fingerprint density at radius 2 is 1.90 bits per heavy atom. The summed E-state index contributed by atoms with van der Waals surface area (Å²) in [6, 6.07) is 5.66. The first-order valence-electron chi connectivity index (χ1n) is 6.80. The molecule has 0 saturated carbocycles. The predicted molar refractivity (Wildman–Crippen MR) is 94.2 cm³/mol. The fourth-order valence-corrected chi connectivity index (χ4v) is 2.39.